The number of piperazine rings is 1. The molecule has 1 aromatic heterocycles. The Morgan fingerprint density at radius 1 is 0.964 bits per heavy atom. The number of amides is 1. The number of aromatic nitrogens is 2. The molecular formula is C22H37N5O. The molecule has 0 bridgehead atoms. The Balaban J connectivity index is 1.75. The van der Waals surface area contributed by atoms with Crippen LogP contribution in [0.15, 0.2) is 6.07 Å². The van der Waals surface area contributed by atoms with Crippen molar-refractivity contribution in [1.29, 1.82) is 0 Å². The van der Waals surface area contributed by atoms with Crippen LogP contribution in [0.3, 0.4) is 0 Å². The molecule has 0 aliphatic carbocycles. The van der Waals surface area contributed by atoms with E-state index >= 15 is 0 Å². The molecule has 3 rings (SSSR count). The van der Waals surface area contributed by atoms with Crippen molar-refractivity contribution in [2.24, 2.45) is 0 Å². The number of anilines is 1. The molecule has 2 saturated heterocycles. The number of likely N-dealkylation sites (tertiary alicyclic amines) is 1. The molecule has 0 radical (unpaired) electrons. The molecule has 1 aromatic rings. The average Bonchev–Trinajstić information content (AvgIpc) is 3.05. The summed E-state index contributed by atoms with van der Waals surface area (Å²) in [6.45, 7) is 17.3. The van der Waals surface area contributed by atoms with Gasteiger partial charge in [0, 0.05) is 43.1 Å². The molecule has 3 heterocycles. The summed E-state index contributed by atoms with van der Waals surface area (Å²) in [4.78, 5) is 29.2. The molecule has 6 nitrogen and oxygen atoms in total. The van der Waals surface area contributed by atoms with Crippen molar-refractivity contribution in [3.05, 3.63) is 17.6 Å². The van der Waals surface area contributed by atoms with Gasteiger partial charge in [0.25, 0.3) is 0 Å². The number of hydrogen-bond donors (Lipinski definition) is 0. The Labute approximate surface area is 170 Å². The summed E-state index contributed by atoms with van der Waals surface area (Å²) < 4.78 is 0. The lowest BCUT2D eigenvalue weighted by Crippen LogP contribution is -2.53. The van der Waals surface area contributed by atoms with Gasteiger partial charge in [0.2, 0.25) is 5.91 Å². The first-order chi connectivity index (χ1) is 13.0. The van der Waals surface area contributed by atoms with Crippen molar-refractivity contribution in [2.75, 3.05) is 44.7 Å². The zero-order valence-electron chi connectivity index (χ0n) is 18.7. The van der Waals surface area contributed by atoms with Gasteiger partial charge in [-0.15, -0.1) is 0 Å². The highest BCUT2D eigenvalue weighted by Crippen LogP contribution is 2.28. The molecule has 156 valence electrons. The highest BCUT2D eigenvalue weighted by atomic mass is 16.2. The predicted octanol–water partition coefficient (Wildman–Crippen LogP) is 2.81. The lowest BCUT2D eigenvalue weighted by Gasteiger charge is -2.38. The standard InChI is InChI=1S/C22H37N5O/c1-21(2,3)17-15-18(24-20(23-17)22(4,5)6)26-11-13-27(14-12-26)19(28)16-9-8-10-25(16)7/h15-16H,8-14H2,1-7H3. The third-order valence-corrected chi connectivity index (χ3v) is 5.87. The third-order valence-electron chi connectivity index (χ3n) is 5.87. The van der Waals surface area contributed by atoms with Gasteiger partial charge in [0.05, 0.1) is 11.7 Å². The second-order valence-electron chi connectivity index (χ2n) is 10.4. The molecule has 1 amide bonds. The highest BCUT2D eigenvalue weighted by Gasteiger charge is 2.33. The first kappa shape index (κ1) is 21.0. The fraction of sp³-hybridized carbons (Fsp3) is 0.773. The Kier molecular flexibility index (Phi) is 5.72. The molecule has 2 fully saturated rings. The molecule has 0 spiro atoms. The van der Waals surface area contributed by atoms with E-state index in [0.29, 0.717) is 5.91 Å². The van der Waals surface area contributed by atoms with E-state index < -0.39 is 0 Å². The van der Waals surface area contributed by atoms with E-state index in [4.69, 9.17) is 9.97 Å². The van der Waals surface area contributed by atoms with Crippen molar-refractivity contribution in [1.82, 2.24) is 19.8 Å². The maximum Gasteiger partial charge on any atom is 0.240 e. The summed E-state index contributed by atoms with van der Waals surface area (Å²) in [6.07, 6.45) is 2.12. The van der Waals surface area contributed by atoms with Crippen LogP contribution in [0, 0.1) is 0 Å². The van der Waals surface area contributed by atoms with E-state index in [9.17, 15) is 4.79 Å². The van der Waals surface area contributed by atoms with Gasteiger partial charge >= 0.3 is 0 Å². The number of nitrogens with zero attached hydrogens (tertiary/aromatic N) is 5. The minimum atomic E-state index is -0.0964. The van der Waals surface area contributed by atoms with Crippen LogP contribution < -0.4 is 4.90 Å². The minimum Gasteiger partial charge on any atom is -0.353 e. The lowest BCUT2D eigenvalue weighted by atomic mass is 9.90. The molecule has 0 saturated carbocycles. The molecule has 1 unspecified atom stereocenters. The van der Waals surface area contributed by atoms with Gasteiger partial charge in [-0.3, -0.25) is 9.69 Å². The summed E-state index contributed by atoms with van der Waals surface area (Å²) in [5, 5.41) is 0. The van der Waals surface area contributed by atoms with Gasteiger partial charge in [-0.1, -0.05) is 41.5 Å². The Morgan fingerprint density at radius 3 is 2.11 bits per heavy atom. The van der Waals surface area contributed by atoms with Crippen LogP contribution >= 0.6 is 0 Å². The topological polar surface area (TPSA) is 52.6 Å². The largest absolute Gasteiger partial charge is 0.353 e. The van der Waals surface area contributed by atoms with Gasteiger partial charge < -0.3 is 9.80 Å². The summed E-state index contributed by atoms with van der Waals surface area (Å²) in [5.41, 5.74) is 0.956. The number of hydrogen-bond acceptors (Lipinski definition) is 5. The summed E-state index contributed by atoms with van der Waals surface area (Å²) >= 11 is 0. The minimum absolute atomic E-state index is 0.0253. The van der Waals surface area contributed by atoms with Crippen molar-refractivity contribution in [3.8, 4) is 0 Å². The van der Waals surface area contributed by atoms with Gasteiger partial charge in [0.1, 0.15) is 11.6 Å². The van der Waals surface area contributed by atoms with Crippen LogP contribution in [0.2, 0.25) is 0 Å². The summed E-state index contributed by atoms with van der Waals surface area (Å²) in [6, 6.07) is 2.21. The van der Waals surface area contributed by atoms with Gasteiger partial charge in [-0.2, -0.15) is 0 Å². The van der Waals surface area contributed by atoms with Crippen LogP contribution in [0.1, 0.15) is 65.9 Å². The van der Waals surface area contributed by atoms with Gasteiger partial charge in [0.15, 0.2) is 0 Å². The second-order valence-corrected chi connectivity index (χ2v) is 10.4. The van der Waals surface area contributed by atoms with Gasteiger partial charge in [-0.05, 0) is 26.4 Å². The van der Waals surface area contributed by atoms with Crippen LogP contribution in [0.25, 0.3) is 0 Å². The van der Waals surface area contributed by atoms with E-state index in [1.165, 1.54) is 0 Å². The molecule has 0 N–H and O–H groups in total. The number of carbonyl (C=O) groups excluding carboxylic acids is 1. The maximum absolute atomic E-state index is 12.9. The van der Waals surface area contributed by atoms with Crippen LogP contribution in [-0.4, -0.2) is 71.5 Å². The van der Waals surface area contributed by atoms with Crippen molar-refractivity contribution < 1.29 is 4.79 Å². The zero-order chi connectivity index (χ0) is 20.7. The predicted molar refractivity (Wildman–Crippen MR) is 114 cm³/mol. The highest BCUT2D eigenvalue weighted by molar-refractivity contribution is 5.82. The monoisotopic (exact) mass is 387 g/mol. The second kappa shape index (κ2) is 7.62. The first-order valence-corrected chi connectivity index (χ1v) is 10.6. The normalized spacial score (nSPS) is 22.0. The van der Waals surface area contributed by atoms with Crippen LogP contribution in [-0.2, 0) is 15.6 Å². The Morgan fingerprint density at radius 2 is 1.61 bits per heavy atom. The lowest BCUT2D eigenvalue weighted by molar-refractivity contribution is -0.135. The van der Waals surface area contributed by atoms with Gasteiger partial charge in [-0.25, -0.2) is 9.97 Å². The fourth-order valence-corrected chi connectivity index (χ4v) is 3.91. The van der Waals surface area contributed by atoms with Crippen LogP contribution in [0.5, 0.6) is 0 Å². The third kappa shape index (κ3) is 4.48. The average molecular weight is 388 g/mol. The molecule has 6 heteroatoms. The number of likely N-dealkylation sites (N-methyl/N-ethyl adjacent to an activating group) is 1. The number of rotatable bonds is 2. The zero-order valence-corrected chi connectivity index (χ0v) is 18.7. The summed E-state index contributed by atoms with van der Waals surface area (Å²) in [7, 11) is 2.06. The van der Waals surface area contributed by atoms with E-state index in [1.54, 1.807) is 0 Å². The van der Waals surface area contributed by atoms with Crippen molar-refractivity contribution >= 4 is 11.7 Å². The quantitative estimate of drug-likeness (QED) is 0.781. The number of carbonyl (C=O) groups is 1. The molecular weight excluding hydrogens is 350 g/mol. The molecule has 0 aromatic carbocycles. The van der Waals surface area contributed by atoms with Crippen molar-refractivity contribution in [2.45, 2.75) is 71.3 Å². The molecule has 2 aliphatic rings. The SMILES string of the molecule is CN1CCCC1C(=O)N1CCN(c2cc(C(C)(C)C)nc(C(C)(C)C)n2)CC1. The van der Waals surface area contributed by atoms with Crippen LogP contribution in [0.4, 0.5) is 5.82 Å². The van der Waals surface area contributed by atoms with Crippen molar-refractivity contribution in [3.63, 3.8) is 0 Å². The molecule has 1 atom stereocenters. The maximum atomic E-state index is 12.9. The Hall–Kier alpha value is -1.69. The molecule has 2 aliphatic heterocycles. The first-order valence-electron chi connectivity index (χ1n) is 10.6. The Bertz CT molecular complexity index is 678. The van der Waals surface area contributed by atoms with E-state index in [2.05, 4.69) is 64.5 Å². The summed E-state index contributed by atoms with van der Waals surface area (Å²) in [5.74, 6) is 2.18. The molecule has 28 heavy (non-hydrogen) atoms. The van der Waals surface area contributed by atoms with E-state index in [0.717, 1.165) is 62.9 Å². The van der Waals surface area contributed by atoms with E-state index in [-0.39, 0.29) is 16.9 Å². The smallest absolute Gasteiger partial charge is 0.240 e. The fourth-order valence-electron chi connectivity index (χ4n) is 3.91. The van der Waals surface area contributed by atoms with E-state index in [1.807, 2.05) is 4.90 Å².